The lowest BCUT2D eigenvalue weighted by molar-refractivity contribution is -2.00. The van der Waals surface area contributed by atoms with Crippen molar-refractivity contribution in [3.05, 3.63) is 60.4 Å². The number of hydrogen-bond acceptors (Lipinski definition) is 4. The zero-order valence-corrected chi connectivity index (χ0v) is 11.4. The van der Waals surface area contributed by atoms with Crippen LogP contribution in [0.2, 0.25) is 0 Å². The largest absolute Gasteiger partial charge is 0.222 e. The van der Waals surface area contributed by atoms with E-state index in [-0.39, 0.29) is 0 Å². The average molecular weight is 294 g/mol. The first-order chi connectivity index (χ1) is 9.34. The van der Waals surface area contributed by atoms with Crippen LogP contribution in [0.4, 0.5) is 0 Å². The second-order valence-electron chi connectivity index (χ2n) is 4.26. The normalized spacial score (nSPS) is 11.2. The van der Waals surface area contributed by atoms with Crippen molar-refractivity contribution < 1.29 is 33.3 Å². The van der Waals surface area contributed by atoms with Crippen molar-refractivity contribution in [3.8, 4) is 0 Å². The summed E-state index contributed by atoms with van der Waals surface area (Å²) in [6.45, 7) is 2.14. The predicted molar refractivity (Wildman–Crippen MR) is 61.8 cm³/mol. The van der Waals surface area contributed by atoms with Gasteiger partial charge in [0, 0.05) is 23.1 Å². The third-order valence-electron chi connectivity index (χ3n) is 2.84. The smallest absolute Gasteiger partial charge is 0.214 e. The fraction of sp³-hybridized carbons (Fsp3) is 0.0714. The molecule has 0 saturated heterocycles. The second-order valence-corrected chi connectivity index (χ2v) is 5.02. The summed E-state index contributed by atoms with van der Waals surface area (Å²) in [5.74, 6) is 0. The molecule has 2 heterocycles. The van der Waals surface area contributed by atoms with Gasteiger partial charge in [0.1, 0.15) is 0 Å². The predicted octanol–water partition coefficient (Wildman–Crippen LogP) is -1.87. The van der Waals surface area contributed by atoms with Crippen LogP contribution in [0.1, 0.15) is 5.56 Å². The molecule has 20 heavy (non-hydrogen) atoms. The van der Waals surface area contributed by atoms with Crippen LogP contribution in [0, 0.1) is 17.2 Å². The summed E-state index contributed by atoms with van der Waals surface area (Å²) in [5.41, 5.74) is 2.58. The Morgan fingerprint density at radius 2 is 1.50 bits per heavy atom. The lowest BCUT2D eigenvalue weighted by Gasteiger charge is -2.17. The molecule has 2 aromatic heterocycles. The van der Waals surface area contributed by atoms with E-state index in [2.05, 4.69) is 66.2 Å². The first-order valence-electron chi connectivity index (χ1n) is 5.76. The summed E-state index contributed by atoms with van der Waals surface area (Å²) in [7, 11) is -4.94. The fourth-order valence-corrected chi connectivity index (χ4v) is 2.01. The number of halogens is 1. The molecular weight excluding hydrogens is 282 g/mol. The van der Waals surface area contributed by atoms with E-state index >= 15 is 0 Å². The first kappa shape index (κ1) is 14.6. The Labute approximate surface area is 117 Å². The molecule has 6 heteroatoms. The Balaban J connectivity index is 0.000000257. The van der Waals surface area contributed by atoms with Gasteiger partial charge in [-0.05, 0) is 24.4 Å². The van der Waals surface area contributed by atoms with Crippen LogP contribution >= 0.6 is 0 Å². The van der Waals surface area contributed by atoms with Crippen LogP contribution in [0.25, 0.3) is 16.3 Å². The highest BCUT2D eigenvalue weighted by atomic mass is 35.7. The molecule has 3 aromatic rings. The molecule has 3 rings (SSSR count). The summed E-state index contributed by atoms with van der Waals surface area (Å²) >= 11 is 0. The van der Waals surface area contributed by atoms with Gasteiger partial charge in [-0.1, -0.05) is 18.2 Å². The highest BCUT2D eigenvalue weighted by Gasteiger charge is 2.06. The van der Waals surface area contributed by atoms with E-state index in [0.29, 0.717) is 0 Å². The molecule has 0 radical (unpaired) electrons. The average Bonchev–Trinajstić information content (AvgIpc) is 2.35. The van der Waals surface area contributed by atoms with Crippen molar-refractivity contribution in [1.82, 2.24) is 0 Å². The molecule has 0 fully saturated rings. The standard InChI is InChI=1S/C14H12N.ClHO4/c1-11-5-4-8-15-10-13-7-3-2-6-12(13)9-14(11)15;2-1(3,4)5/h2-10H,1H3;(H,2,3,4,5)/q+1;/p-1. The lowest BCUT2D eigenvalue weighted by Crippen LogP contribution is -2.68. The highest BCUT2D eigenvalue weighted by Crippen LogP contribution is 2.14. The second kappa shape index (κ2) is 5.70. The summed E-state index contributed by atoms with van der Waals surface area (Å²) in [6, 6.07) is 14.9. The maximum Gasteiger partial charge on any atom is 0.214 e. The lowest BCUT2D eigenvalue weighted by atomic mass is 10.1. The minimum atomic E-state index is -4.94. The van der Waals surface area contributed by atoms with Crippen LogP contribution in [-0.4, -0.2) is 0 Å². The van der Waals surface area contributed by atoms with Gasteiger partial charge < -0.3 is 0 Å². The summed E-state index contributed by atoms with van der Waals surface area (Å²) in [4.78, 5) is 0. The van der Waals surface area contributed by atoms with E-state index < -0.39 is 10.2 Å². The molecule has 0 aliphatic rings. The number of fused-ring (bicyclic) bond motifs is 2. The SMILES string of the molecule is Cc1ccc[n+]2cc3ccccc3cc12.[O-][Cl+3]([O-])([O-])[O-]. The van der Waals surface area contributed by atoms with Gasteiger partial charge in [0.25, 0.3) is 0 Å². The van der Waals surface area contributed by atoms with Gasteiger partial charge >= 0.3 is 0 Å². The van der Waals surface area contributed by atoms with Crippen LogP contribution in [0.15, 0.2) is 54.9 Å². The monoisotopic (exact) mass is 293 g/mol. The maximum absolute atomic E-state index is 8.49. The van der Waals surface area contributed by atoms with Crippen LogP contribution < -0.4 is 23.0 Å². The summed E-state index contributed by atoms with van der Waals surface area (Å²) < 4.78 is 36.2. The van der Waals surface area contributed by atoms with Gasteiger partial charge in [-0.3, -0.25) is 0 Å². The number of nitrogens with zero attached hydrogens (tertiary/aromatic N) is 1. The Hall–Kier alpha value is -1.76. The molecule has 0 N–H and O–H groups in total. The van der Waals surface area contributed by atoms with Gasteiger partial charge in [0.15, 0.2) is 12.4 Å². The molecule has 0 aliphatic carbocycles. The van der Waals surface area contributed by atoms with E-state index in [9.17, 15) is 0 Å². The summed E-state index contributed by atoms with van der Waals surface area (Å²) in [5, 5.41) is 2.58. The molecule has 1 aromatic carbocycles. The van der Waals surface area contributed by atoms with Crippen molar-refractivity contribution >= 4 is 16.3 Å². The molecule has 104 valence electrons. The van der Waals surface area contributed by atoms with E-state index in [0.717, 1.165) is 0 Å². The number of aromatic nitrogens is 1. The van der Waals surface area contributed by atoms with Crippen molar-refractivity contribution in [1.29, 1.82) is 0 Å². The Bertz CT molecular complexity index is 734. The number of hydrogen-bond donors (Lipinski definition) is 0. The molecule has 0 amide bonds. The molecule has 0 spiro atoms. The molecular formula is C14H12ClNO4. The Kier molecular flexibility index (Phi) is 4.17. The maximum atomic E-state index is 8.49. The van der Waals surface area contributed by atoms with Gasteiger partial charge in [-0.25, -0.2) is 18.6 Å². The van der Waals surface area contributed by atoms with Crippen LogP contribution in [-0.2, 0) is 0 Å². The fourth-order valence-electron chi connectivity index (χ4n) is 2.01. The van der Waals surface area contributed by atoms with Crippen LogP contribution in [0.3, 0.4) is 0 Å². The summed E-state index contributed by atoms with van der Waals surface area (Å²) in [6.07, 6.45) is 4.27. The van der Waals surface area contributed by atoms with Crippen molar-refractivity contribution in [2.24, 2.45) is 0 Å². The van der Waals surface area contributed by atoms with Gasteiger partial charge in [0.2, 0.25) is 5.52 Å². The molecule has 0 atom stereocenters. The van der Waals surface area contributed by atoms with Crippen molar-refractivity contribution in [2.45, 2.75) is 6.92 Å². The zero-order valence-electron chi connectivity index (χ0n) is 10.7. The van der Waals surface area contributed by atoms with Crippen molar-refractivity contribution in [2.75, 3.05) is 0 Å². The quantitative estimate of drug-likeness (QED) is 0.358. The Morgan fingerprint density at radius 1 is 0.900 bits per heavy atom. The number of benzene rings is 1. The first-order valence-corrected chi connectivity index (χ1v) is 6.99. The molecule has 5 nitrogen and oxygen atoms in total. The van der Waals surface area contributed by atoms with E-state index in [1.807, 2.05) is 0 Å². The van der Waals surface area contributed by atoms with Crippen LogP contribution in [0.5, 0.6) is 0 Å². The number of rotatable bonds is 0. The highest BCUT2D eigenvalue weighted by molar-refractivity contribution is 5.84. The molecule has 0 unspecified atom stereocenters. The van der Waals surface area contributed by atoms with Gasteiger partial charge in [0.05, 0.1) is 0 Å². The minimum Gasteiger partial charge on any atom is -0.222 e. The molecule has 0 bridgehead atoms. The minimum absolute atomic E-state index is 1.27. The molecule has 0 aliphatic heterocycles. The number of aryl methyl sites for hydroxylation is 1. The van der Waals surface area contributed by atoms with E-state index in [1.54, 1.807) is 0 Å². The van der Waals surface area contributed by atoms with Gasteiger partial charge in [-0.2, -0.15) is 4.40 Å². The Morgan fingerprint density at radius 3 is 2.15 bits per heavy atom. The third-order valence-corrected chi connectivity index (χ3v) is 2.84. The molecule has 0 saturated carbocycles. The van der Waals surface area contributed by atoms with E-state index in [4.69, 9.17) is 18.6 Å². The van der Waals surface area contributed by atoms with E-state index in [1.165, 1.54) is 21.9 Å². The topological polar surface area (TPSA) is 96.3 Å². The zero-order chi connectivity index (χ0) is 14.8. The van der Waals surface area contributed by atoms with Gasteiger partial charge in [-0.15, -0.1) is 10.2 Å². The third kappa shape index (κ3) is 3.86. The van der Waals surface area contributed by atoms with Crippen molar-refractivity contribution in [3.63, 3.8) is 0 Å². The number of pyridine rings is 2.